The average molecular weight is 417 g/mol. The molecule has 0 saturated carbocycles. The van der Waals surface area contributed by atoms with E-state index in [2.05, 4.69) is 10.3 Å². The molecule has 2 aromatic heterocycles. The standard InChI is InChI=1S/C20H21ClN4O4/c1-4-29-17-12(2)9-23-18-16(17)19(27)25(20(28)24(18)3)11-15(26)22-10-13-7-5-6-8-14(13)21/h5-9H,4,10-11H2,1-3H3,(H,22,26). The monoisotopic (exact) mass is 416 g/mol. The van der Waals surface area contributed by atoms with Gasteiger partial charge in [0.15, 0.2) is 5.65 Å². The van der Waals surface area contributed by atoms with Gasteiger partial charge in [-0.1, -0.05) is 29.8 Å². The zero-order valence-electron chi connectivity index (χ0n) is 16.4. The van der Waals surface area contributed by atoms with Crippen molar-refractivity contribution >= 4 is 28.5 Å². The Bertz CT molecular complexity index is 1200. The van der Waals surface area contributed by atoms with Crippen LogP contribution in [0.4, 0.5) is 0 Å². The Hall–Kier alpha value is -3.13. The van der Waals surface area contributed by atoms with Crippen molar-refractivity contribution in [3.05, 3.63) is 67.4 Å². The summed E-state index contributed by atoms with van der Waals surface area (Å²) in [7, 11) is 1.50. The number of rotatable bonds is 6. The van der Waals surface area contributed by atoms with Crippen LogP contribution in [0.25, 0.3) is 11.0 Å². The summed E-state index contributed by atoms with van der Waals surface area (Å²) in [5.41, 5.74) is 0.371. The van der Waals surface area contributed by atoms with Crippen molar-refractivity contribution in [2.24, 2.45) is 7.05 Å². The maximum Gasteiger partial charge on any atom is 0.332 e. The molecule has 0 unspecified atom stereocenters. The van der Waals surface area contributed by atoms with E-state index in [1.54, 1.807) is 38.2 Å². The summed E-state index contributed by atoms with van der Waals surface area (Å²) in [6.07, 6.45) is 1.55. The van der Waals surface area contributed by atoms with Crippen molar-refractivity contribution in [1.82, 2.24) is 19.4 Å². The van der Waals surface area contributed by atoms with Crippen LogP contribution in [0, 0.1) is 6.92 Å². The summed E-state index contributed by atoms with van der Waals surface area (Å²) in [6.45, 7) is 3.68. The summed E-state index contributed by atoms with van der Waals surface area (Å²) < 4.78 is 7.74. The Kier molecular flexibility index (Phi) is 6.03. The molecule has 0 bridgehead atoms. The van der Waals surface area contributed by atoms with Gasteiger partial charge < -0.3 is 10.1 Å². The Labute approximate surface area is 171 Å². The molecule has 3 rings (SSSR count). The number of ether oxygens (including phenoxy) is 1. The number of carbonyl (C=O) groups excluding carboxylic acids is 1. The third-order valence-electron chi connectivity index (χ3n) is 4.51. The quantitative estimate of drug-likeness (QED) is 0.660. The fourth-order valence-electron chi connectivity index (χ4n) is 3.03. The Morgan fingerprint density at radius 2 is 2.00 bits per heavy atom. The summed E-state index contributed by atoms with van der Waals surface area (Å²) in [6, 6.07) is 7.10. The number of amides is 1. The number of hydrogen-bond acceptors (Lipinski definition) is 5. The molecule has 0 atom stereocenters. The second-order valence-corrected chi connectivity index (χ2v) is 6.91. The van der Waals surface area contributed by atoms with Gasteiger partial charge in [0.1, 0.15) is 17.7 Å². The molecule has 8 nitrogen and oxygen atoms in total. The molecule has 0 aliphatic heterocycles. The van der Waals surface area contributed by atoms with Crippen molar-refractivity contribution in [3.8, 4) is 5.75 Å². The molecule has 9 heteroatoms. The van der Waals surface area contributed by atoms with E-state index in [1.807, 2.05) is 6.07 Å². The number of pyridine rings is 1. The van der Waals surface area contributed by atoms with Gasteiger partial charge in [-0.05, 0) is 25.5 Å². The van der Waals surface area contributed by atoms with E-state index in [1.165, 1.54) is 11.6 Å². The van der Waals surface area contributed by atoms with E-state index in [9.17, 15) is 14.4 Å². The van der Waals surface area contributed by atoms with E-state index in [0.717, 1.165) is 10.1 Å². The van der Waals surface area contributed by atoms with Gasteiger partial charge in [0, 0.05) is 30.4 Å². The van der Waals surface area contributed by atoms with Crippen molar-refractivity contribution in [2.45, 2.75) is 26.9 Å². The largest absolute Gasteiger partial charge is 0.493 e. The molecule has 1 aromatic carbocycles. The number of hydrogen-bond donors (Lipinski definition) is 1. The van der Waals surface area contributed by atoms with Crippen molar-refractivity contribution in [1.29, 1.82) is 0 Å². The first-order chi connectivity index (χ1) is 13.8. The minimum atomic E-state index is -0.630. The van der Waals surface area contributed by atoms with Gasteiger partial charge >= 0.3 is 5.69 Å². The zero-order chi connectivity index (χ0) is 21.1. The molecular weight excluding hydrogens is 396 g/mol. The second-order valence-electron chi connectivity index (χ2n) is 6.50. The van der Waals surface area contributed by atoms with Gasteiger partial charge in [0.2, 0.25) is 5.91 Å². The van der Waals surface area contributed by atoms with Crippen LogP contribution in [0.15, 0.2) is 40.1 Å². The molecule has 29 heavy (non-hydrogen) atoms. The first-order valence-electron chi connectivity index (χ1n) is 9.07. The molecule has 2 heterocycles. The van der Waals surface area contributed by atoms with Crippen LogP contribution in [0.3, 0.4) is 0 Å². The highest BCUT2D eigenvalue weighted by Gasteiger charge is 2.19. The van der Waals surface area contributed by atoms with Crippen LogP contribution in [0.5, 0.6) is 5.75 Å². The number of aryl methyl sites for hydroxylation is 2. The lowest BCUT2D eigenvalue weighted by Gasteiger charge is -2.14. The Balaban J connectivity index is 1.98. The maximum absolute atomic E-state index is 13.0. The van der Waals surface area contributed by atoms with Crippen LogP contribution in [0.1, 0.15) is 18.1 Å². The van der Waals surface area contributed by atoms with Crippen molar-refractivity contribution < 1.29 is 9.53 Å². The number of nitrogens with one attached hydrogen (secondary N) is 1. The van der Waals surface area contributed by atoms with Crippen LogP contribution in [-0.4, -0.2) is 26.6 Å². The topological polar surface area (TPSA) is 95.2 Å². The summed E-state index contributed by atoms with van der Waals surface area (Å²) in [5.74, 6) is -0.120. The van der Waals surface area contributed by atoms with Crippen LogP contribution in [-0.2, 0) is 24.9 Å². The van der Waals surface area contributed by atoms with E-state index < -0.39 is 23.7 Å². The highest BCUT2D eigenvalue weighted by Crippen LogP contribution is 2.24. The number of halogens is 1. The molecule has 0 fully saturated rings. The molecule has 1 amide bonds. The molecule has 0 radical (unpaired) electrons. The van der Waals surface area contributed by atoms with Crippen LogP contribution >= 0.6 is 11.6 Å². The third-order valence-corrected chi connectivity index (χ3v) is 4.88. The molecular formula is C20H21ClN4O4. The van der Waals surface area contributed by atoms with Crippen molar-refractivity contribution in [2.75, 3.05) is 6.61 Å². The molecule has 0 saturated heterocycles. The molecule has 0 aliphatic rings. The fourth-order valence-corrected chi connectivity index (χ4v) is 3.23. The highest BCUT2D eigenvalue weighted by molar-refractivity contribution is 6.31. The first-order valence-corrected chi connectivity index (χ1v) is 9.45. The summed E-state index contributed by atoms with van der Waals surface area (Å²) >= 11 is 6.09. The van der Waals surface area contributed by atoms with Gasteiger partial charge in [-0.2, -0.15) is 0 Å². The minimum absolute atomic E-state index is 0.174. The summed E-state index contributed by atoms with van der Waals surface area (Å²) in [5, 5.41) is 3.38. The molecule has 0 spiro atoms. The predicted octanol–water partition coefficient (Wildman–Crippen LogP) is 1.77. The fraction of sp³-hybridized carbons (Fsp3) is 0.300. The lowest BCUT2D eigenvalue weighted by Crippen LogP contribution is -2.43. The maximum atomic E-state index is 13.0. The van der Waals surface area contributed by atoms with E-state index in [0.29, 0.717) is 22.9 Å². The first kappa shape index (κ1) is 20.6. The highest BCUT2D eigenvalue weighted by atomic mass is 35.5. The van der Waals surface area contributed by atoms with Crippen molar-refractivity contribution in [3.63, 3.8) is 0 Å². The van der Waals surface area contributed by atoms with Gasteiger partial charge in [0.25, 0.3) is 5.56 Å². The SMILES string of the molecule is CCOc1c(C)cnc2c1c(=O)n(CC(=O)NCc1ccccc1Cl)c(=O)n2C. The second kappa shape index (κ2) is 8.48. The normalized spacial score (nSPS) is 10.9. The molecule has 0 aliphatic carbocycles. The molecule has 152 valence electrons. The molecule has 1 N–H and O–H groups in total. The lowest BCUT2D eigenvalue weighted by molar-refractivity contribution is -0.121. The number of nitrogens with zero attached hydrogens (tertiary/aromatic N) is 3. The van der Waals surface area contributed by atoms with Gasteiger partial charge in [0.05, 0.1) is 6.61 Å². The number of aromatic nitrogens is 3. The molecule has 3 aromatic rings. The smallest absolute Gasteiger partial charge is 0.332 e. The van der Waals surface area contributed by atoms with E-state index in [-0.39, 0.29) is 17.6 Å². The average Bonchev–Trinajstić information content (AvgIpc) is 2.70. The van der Waals surface area contributed by atoms with Gasteiger partial charge in [-0.15, -0.1) is 0 Å². The Morgan fingerprint density at radius 3 is 2.69 bits per heavy atom. The Morgan fingerprint density at radius 1 is 1.28 bits per heavy atom. The summed E-state index contributed by atoms with van der Waals surface area (Å²) in [4.78, 5) is 42.3. The van der Waals surface area contributed by atoms with Crippen LogP contribution < -0.4 is 21.3 Å². The third kappa shape index (κ3) is 4.02. The number of carbonyl (C=O) groups is 1. The zero-order valence-corrected chi connectivity index (χ0v) is 17.1. The van der Waals surface area contributed by atoms with Crippen LogP contribution in [0.2, 0.25) is 5.02 Å². The minimum Gasteiger partial charge on any atom is -0.493 e. The number of fused-ring (bicyclic) bond motifs is 1. The van der Waals surface area contributed by atoms with Gasteiger partial charge in [-0.25, -0.2) is 14.3 Å². The van der Waals surface area contributed by atoms with E-state index >= 15 is 0 Å². The van der Waals surface area contributed by atoms with E-state index in [4.69, 9.17) is 16.3 Å². The van der Waals surface area contributed by atoms with Gasteiger partial charge in [-0.3, -0.25) is 14.2 Å². The predicted molar refractivity (Wildman–Crippen MR) is 110 cm³/mol. The lowest BCUT2D eigenvalue weighted by atomic mass is 10.2. The number of benzene rings is 1.